The van der Waals surface area contributed by atoms with Crippen LogP contribution in [0.3, 0.4) is 0 Å². The first-order chi connectivity index (χ1) is 6.72. The summed E-state index contributed by atoms with van der Waals surface area (Å²) in [4.78, 5) is 22.3. The molecule has 1 aliphatic carbocycles. The summed E-state index contributed by atoms with van der Waals surface area (Å²) in [6.07, 6.45) is 4.16. The highest BCUT2D eigenvalue weighted by Crippen LogP contribution is 2.39. The van der Waals surface area contributed by atoms with Gasteiger partial charge in [0.05, 0.1) is 12.7 Å². The number of hydrogen-bond acceptors (Lipinski definition) is 4. The van der Waals surface area contributed by atoms with E-state index in [1.165, 1.54) is 13.2 Å². The summed E-state index contributed by atoms with van der Waals surface area (Å²) < 4.78 is 9.61. The van der Waals surface area contributed by atoms with Gasteiger partial charge in [-0.1, -0.05) is 0 Å². The number of carbonyl (C=O) groups excluding carboxylic acids is 2. The van der Waals surface area contributed by atoms with Crippen molar-refractivity contribution in [1.29, 1.82) is 0 Å². The lowest BCUT2D eigenvalue weighted by atomic mass is 9.98. The summed E-state index contributed by atoms with van der Waals surface area (Å²) in [7, 11) is 1.30. The second-order valence-corrected chi connectivity index (χ2v) is 3.60. The molecule has 0 N–H and O–H groups in total. The molecule has 2 rings (SSSR count). The lowest BCUT2D eigenvalue weighted by molar-refractivity contribution is -0.140. The molecule has 1 saturated heterocycles. The molecule has 0 unspecified atom stereocenters. The van der Waals surface area contributed by atoms with Crippen molar-refractivity contribution in [2.45, 2.75) is 25.4 Å². The molecule has 0 aromatic heterocycles. The van der Waals surface area contributed by atoms with Gasteiger partial charge in [0, 0.05) is 12.0 Å². The quantitative estimate of drug-likeness (QED) is 0.460. The smallest absolute Gasteiger partial charge is 0.334 e. The van der Waals surface area contributed by atoms with E-state index in [4.69, 9.17) is 4.74 Å². The minimum atomic E-state index is -0.482. The van der Waals surface area contributed by atoms with Crippen LogP contribution in [0.2, 0.25) is 0 Å². The molecule has 2 atom stereocenters. The van der Waals surface area contributed by atoms with Crippen LogP contribution in [0, 0.1) is 5.92 Å². The van der Waals surface area contributed by atoms with E-state index >= 15 is 0 Å². The Kier molecular flexibility index (Phi) is 2.27. The third kappa shape index (κ3) is 1.41. The van der Waals surface area contributed by atoms with Crippen LogP contribution in [0.4, 0.5) is 0 Å². The van der Waals surface area contributed by atoms with Crippen molar-refractivity contribution in [3.05, 3.63) is 11.6 Å². The molecule has 4 nitrogen and oxygen atoms in total. The van der Waals surface area contributed by atoms with Crippen molar-refractivity contribution in [2.75, 3.05) is 7.11 Å². The van der Waals surface area contributed by atoms with E-state index in [9.17, 15) is 9.59 Å². The van der Waals surface area contributed by atoms with Crippen LogP contribution in [-0.2, 0) is 19.1 Å². The summed E-state index contributed by atoms with van der Waals surface area (Å²) in [6.45, 7) is 0. The summed E-state index contributed by atoms with van der Waals surface area (Å²) >= 11 is 0. The van der Waals surface area contributed by atoms with E-state index in [0.29, 0.717) is 5.57 Å². The average Bonchev–Trinajstić information content (AvgIpc) is 2.70. The maximum Gasteiger partial charge on any atom is 0.334 e. The Bertz CT molecular complexity index is 305. The van der Waals surface area contributed by atoms with Gasteiger partial charge in [-0.25, -0.2) is 9.59 Å². The molecule has 0 amide bonds. The molecule has 2 fully saturated rings. The maximum atomic E-state index is 11.3. The van der Waals surface area contributed by atoms with Gasteiger partial charge in [-0.05, 0) is 19.3 Å². The second-order valence-electron chi connectivity index (χ2n) is 3.60. The highest BCUT2D eigenvalue weighted by molar-refractivity contribution is 5.98. The van der Waals surface area contributed by atoms with Crippen LogP contribution < -0.4 is 0 Å². The molecule has 0 spiro atoms. The zero-order valence-electron chi connectivity index (χ0n) is 7.99. The molecule has 1 heterocycles. The fraction of sp³-hybridized carbons (Fsp3) is 0.600. The van der Waals surface area contributed by atoms with Crippen molar-refractivity contribution in [3.63, 3.8) is 0 Å². The molecule has 76 valence electrons. The Hall–Kier alpha value is -1.32. The zero-order chi connectivity index (χ0) is 10.1. The monoisotopic (exact) mass is 196 g/mol. The largest absolute Gasteiger partial charge is 0.466 e. The van der Waals surface area contributed by atoms with Crippen LogP contribution >= 0.6 is 0 Å². The van der Waals surface area contributed by atoms with Gasteiger partial charge in [-0.15, -0.1) is 0 Å². The van der Waals surface area contributed by atoms with Crippen molar-refractivity contribution in [3.8, 4) is 0 Å². The van der Waals surface area contributed by atoms with Crippen LogP contribution in [-0.4, -0.2) is 25.2 Å². The molecule has 14 heavy (non-hydrogen) atoms. The van der Waals surface area contributed by atoms with Crippen LogP contribution in [0.5, 0.6) is 0 Å². The van der Waals surface area contributed by atoms with Gasteiger partial charge in [0.1, 0.15) is 6.10 Å². The molecule has 0 aromatic rings. The fourth-order valence-corrected chi connectivity index (χ4v) is 2.13. The standard InChI is InChI=1S/C10H12O4/c1-13-9(11)5-7-6-3-2-4-8(6)14-10(7)12/h5-6,8H,2-4H2,1H3/b7-5+/t6-,8+/m0/s1. The van der Waals surface area contributed by atoms with E-state index in [1.54, 1.807) is 0 Å². The molecular formula is C10H12O4. The van der Waals surface area contributed by atoms with Gasteiger partial charge < -0.3 is 9.47 Å². The zero-order valence-corrected chi connectivity index (χ0v) is 7.99. The molecular weight excluding hydrogens is 184 g/mol. The van der Waals surface area contributed by atoms with Gasteiger partial charge >= 0.3 is 11.9 Å². The van der Waals surface area contributed by atoms with Gasteiger partial charge in [0.25, 0.3) is 0 Å². The summed E-state index contributed by atoms with van der Waals surface area (Å²) in [5, 5.41) is 0. The predicted octanol–water partition coefficient (Wildman–Crippen LogP) is 0.811. The van der Waals surface area contributed by atoms with Gasteiger partial charge in [0.2, 0.25) is 0 Å². The Morgan fingerprint density at radius 1 is 1.57 bits per heavy atom. The second kappa shape index (κ2) is 3.44. The van der Waals surface area contributed by atoms with Crippen molar-refractivity contribution in [1.82, 2.24) is 0 Å². The molecule has 0 aromatic carbocycles. The number of rotatable bonds is 1. The first-order valence-corrected chi connectivity index (χ1v) is 4.73. The molecule has 0 bridgehead atoms. The third-order valence-corrected chi connectivity index (χ3v) is 2.82. The molecule has 1 aliphatic heterocycles. The van der Waals surface area contributed by atoms with Crippen molar-refractivity contribution >= 4 is 11.9 Å². The summed E-state index contributed by atoms with van der Waals surface area (Å²) in [5.41, 5.74) is 0.486. The van der Waals surface area contributed by atoms with E-state index in [0.717, 1.165) is 19.3 Å². The topological polar surface area (TPSA) is 52.6 Å². The summed E-state index contributed by atoms with van der Waals surface area (Å²) in [6, 6.07) is 0. The Balaban J connectivity index is 2.21. The van der Waals surface area contributed by atoms with E-state index in [2.05, 4.69) is 4.74 Å². The lowest BCUT2D eigenvalue weighted by Crippen LogP contribution is -2.08. The number of esters is 2. The van der Waals surface area contributed by atoms with Crippen LogP contribution in [0.1, 0.15) is 19.3 Å². The third-order valence-electron chi connectivity index (χ3n) is 2.82. The molecule has 2 aliphatic rings. The minimum absolute atomic E-state index is 0.00148. The lowest BCUT2D eigenvalue weighted by Gasteiger charge is -2.04. The molecule has 1 saturated carbocycles. The molecule has 4 heteroatoms. The van der Waals surface area contributed by atoms with Crippen molar-refractivity contribution in [2.24, 2.45) is 5.92 Å². The number of hydrogen-bond donors (Lipinski definition) is 0. The number of carbonyl (C=O) groups is 2. The minimum Gasteiger partial charge on any atom is -0.466 e. The van der Waals surface area contributed by atoms with Gasteiger partial charge in [0.15, 0.2) is 0 Å². The van der Waals surface area contributed by atoms with Crippen LogP contribution in [0.25, 0.3) is 0 Å². The highest BCUT2D eigenvalue weighted by Gasteiger charge is 2.43. The first kappa shape index (κ1) is 9.24. The normalized spacial score (nSPS) is 32.9. The first-order valence-electron chi connectivity index (χ1n) is 4.73. The van der Waals surface area contributed by atoms with Crippen molar-refractivity contribution < 1.29 is 19.1 Å². The summed E-state index contributed by atoms with van der Waals surface area (Å²) in [5.74, 6) is -0.726. The van der Waals surface area contributed by atoms with E-state index in [-0.39, 0.29) is 18.0 Å². The number of ether oxygens (including phenoxy) is 2. The Morgan fingerprint density at radius 2 is 2.36 bits per heavy atom. The Morgan fingerprint density at radius 3 is 3.07 bits per heavy atom. The van der Waals surface area contributed by atoms with E-state index < -0.39 is 5.97 Å². The van der Waals surface area contributed by atoms with E-state index in [1.807, 2.05) is 0 Å². The fourth-order valence-electron chi connectivity index (χ4n) is 2.13. The van der Waals surface area contributed by atoms with Gasteiger partial charge in [-0.2, -0.15) is 0 Å². The van der Waals surface area contributed by atoms with Gasteiger partial charge in [-0.3, -0.25) is 0 Å². The number of fused-ring (bicyclic) bond motifs is 1. The average molecular weight is 196 g/mol. The predicted molar refractivity (Wildman–Crippen MR) is 47.3 cm³/mol. The SMILES string of the molecule is COC(=O)/C=C1/C(=O)O[C@@H]2CCC[C@@H]12. The Labute approximate surface area is 81.9 Å². The molecule has 0 radical (unpaired) electrons. The highest BCUT2D eigenvalue weighted by atomic mass is 16.6. The maximum absolute atomic E-state index is 11.3. The number of methoxy groups -OCH3 is 1. The van der Waals surface area contributed by atoms with Crippen LogP contribution in [0.15, 0.2) is 11.6 Å².